The van der Waals surface area contributed by atoms with Crippen molar-refractivity contribution in [2.45, 2.75) is 32.4 Å². The van der Waals surface area contributed by atoms with Gasteiger partial charge >= 0.3 is 0 Å². The molecule has 2 heterocycles. The normalized spacial score (nSPS) is 23.1. The fraction of sp³-hybridized carbons (Fsp3) is 0.667. The van der Waals surface area contributed by atoms with Crippen molar-refractivity contribution in [3.63, 3.8) is 0 Å². The average Bonchev–Trinajstić information content (AvgIpc) is 2.71. The van der Waals surface area contributed by atoms with Gasteiger partial charge in [0, 0.05) is 37.1 Å². The third-order valence-electron chi connectivity index (χ3n) is 2.94. The maximum atomic E-state index is 3.59. The molecule has 1 aliphatic heterocycles. The van der Waals surface area contributed by atoms with Crippen molar-refractivity contribution in [2.75, 3.05) is 19.6 Å². The molecule has 0 spiro atoms. The van der Waals surface area contributed by atoms with Crippen molar-refractivity contribution in [1.29, 1.82) is 0 Å². The number of rotatable bonds is 4. The number of nitrogens with zero attached hydrogens (tertiary/aromatic N) is 1. The lowest BCUT2D eigenvalue weighted by molar-refractivity contribution is 0.188. The van der Waals surface area contributed by atoms with Crippen LogP contribution in [0.1, 0.15) is 24.6 Å². The molecular formula is C12H20N2S. The van der Waals surface area contributed by atoms with Gasteiger partial charge in [0.2, 0.25) is 0 Å². The highest BCUT2D eigenvalue weighted by Gasteiger charge is 2.18. The summed E-state index contributed by atoms with van der Waals surface area (Å²) in [4.78, 5) is 4.06. The standard InChI is InChI=1S/C12H20N2S/c1-2-4-11-9-14(7-6-13-11)10-12-5-3-8-15-12/h3,5,8,11,13H,2,4,6-7,9-10H2,1H3. The van der Waals surface area contributed by atoms with Crippen molar-refractivity contribution >= 4 is 11.3 Å². The Hall–Kier alpha value is -0.380. The van der Waals surface area contributed by atoms with Gasteiger partial charge in [-0.3, -0.25) is 4.90 Å². The summed E-state index contributed by atoms with van der Waals surface area (Å²) in [5, 5.41) is 5.76. The predicted molar refractivity (Wildman–Crippen MR) is 66.3 cm³/mol. The Balaban J connectivity index is 1.82. The minimum Gasteiger partial charge on any atom is -0.311 e. The molecule has 1 aromatic rings. The van der Waals surface area contributed by atoms with E-state index in [2.05, 4.69) is 34.7 Å². The Morgan fingerprint density at radius 1 is 1.60 bits per heavy atom. The van der Waals surface area contributed by atoms with E-state index in [1.807, 2.05) is 11.3 Å². The molecule has 2 rings (SSSR count). The van der Waals surface area contributed by atoms with Crippen molar-refractivity contribution in [2.24, 2.45) is 0 Å². The third kappa shape index (κ3) is 3.30. The van der Waals surface area contributed by atoms with Crippen LogP contribution in [0, 0.1) is 0 Å². The van der Waals surface area contributed by atoms with Gasteiger partial charge in [-0.15, -0.1) is 11.3 Å². The molecule has 0 amide bonds. The smallest absolute Gasteiger partial charge is 0.0329 e. The van der Waals surface area contributed by atoms with Crippen LogP contribution in [0.4, 0.5) is 0 Å². The van der Waals surface area contributed by atoms with E-state index in [4.69, 9.17) is 0 Å². The van der Waals surface area contributed by atoms with Crippen LogP contribution in [0.2, 0.25) is 0 Å². The van der Waals surface area contributed by atoms with Crippen LogP contribution in [0.5, 0.6) is 0 Å². The van der Waals surface area contributed by atoms with Gasteiger partial charge in [-0.25, -0.2) is 0 Å². The summed E-state index contributed by atoms with van der Waals surface area (Å²) in [5.41, 5.74) is 0. The van der Waals surface area contributed by atoms with Crippen molar-refractivity contribution in [1.82, 2.24) is 10.2 Å². The molecule has 1 fully saturated rings. The van der Waals surface area contributed by atoms with E-state index in [1.165, 1.54) is 30.8 Å². The first kappa shape index (κ1) is 11.1. The third-order valence-corrected chi connectivity index (χ3v) is 3.80. The maximum Gasteiger partial charge on any atom is 0.0329 e. The molecule has 1 saturated heterocycles. The Kier molecular flexibility index (Phi) is 4.18. The summed E-state index contributed by atoms with van der Waals surface area (Å²) in [7, 11) is 0. The van der Waals surface area contributed by atoms with E-state index < -0.39 is 0 Å². The minimum atomic E-state index is 0.712. The molecule has 1 unspecified atom stereocenters. The molecule has 1 atom stereocenters. The predicted octanol–water partition coefficient (Wildman–Crippen LogP) is 2.32. The van der Waals surface area contributed by atoms with Gasteiger partial charge in [0.15, 0.2) is 0 Å². The van der Waals surface area contributed by atoms with Gasteiger partial charge < -0.3 is 5.32 Å². The quantitative estimate of drug-likeness (QED) is 0.844. The maximum absolute atomic E-state index is 3.59. The van der Waals surface area contributed by atoms with Gasteiger partial charge in [-0.05, 0) is 17.9 Å². The van der Waals surface area contributed by atoms with Crippen molar-refractivity contribution < 1.29 is 0 Å². The van der Waals surface area contributed by atoms with Crippen molar-refractivity contribution in [3.05, 3.63) is 22.4 Å². The molecule has 0 aliphatic carbocycles. The molecule has 0 radical (unpaired) electrons. The van der Waals surface area contributed by atoms with Gasteiger partial charge in [-0.2, -0.15) is 0 Å². The highest BCUT2D eigenvalue weighted by atomic mass is 32.1. The minimum absolute atomic E-state index is 0.712. The monoisotopic (exact) mass is 224 g/mol. The van der Waals surface area contributed by atoms with Crippen LogP contribution >= 0.6 is 11.3 Å². The Morgan fingerprint density at radius 3 is 3.27 bits per heavy atom. The van der Waals surface area contributed by atoms with E-state index >= 15 is 0 Å². The lowest BCUT2D eigenvalue weighted by Crippen LogP contribution is -2.49. The van der Waals surface area contributed by atoms with Crippen LogP contribution < -0.4 is 5.32 Å². The molecule has 3 heteroatoms. The van der Waals surface area contributed by atoms with Gasteiger partial charge in [0.25, 0.3) is 0 Å². The molecule has 84 valence electrons. The van der Waals surface area contributed by atoms with Gasteiger partial charge in [0.1, 0.15) is 0 Å². The zero-order valence-electron chi connectivity index (χ0n) is 9.41. The number of hydrogen-bond acceptors (Lipinski definition) is 3. The molecule has 1 N–H and O–H groups in total. The summed E-state index contributed by atoms with van der Waals surface area (Å²) in [5.74, 6) is 0. The van der Waals surface area contributed by atoms with Gasteiger partial charge in [-0.1, -0.05) is 19.4 Å². The molecule has 0 bridgehead atoms. The summed E-state index contributed by atoms with van der Waals surface area (Å²) >= 11 is 1.87. The summed E-state index contributed by atoms with van der Waals surface area (Å²) in [6.07, 6.45) is 2.59. The topological polar surface area (TPSA) is 15.3 Å². The Morgan fingerprint density at radius 2 is 2.53 bits per heavy atom. The fourth-order valence-corrected chi connectivity index (χ4v) is 2.95. The molecule has 1 aliphatic rings. The molecular weight excluding hydrogens is 204 g/mol. The van der Waals surface area contributed by atoms with E-state index in [0.29, 0.717) is 6.04 Å². The highest BCUT2D eigenvalue weighted by molar-refractivity contribution is 7.09. The molecule has 0 aromatic carbocycles. The van der Waals surface area contributed by atoms with Crippen molar-refractivity contribution in [3.8, 4) is 0 Å². The molecule has 1 aromatic heterocycles. The SMILES string of the molecule is CCCC1CN(Cc2cccs2)CCN1. The highest BCUT2D eigenvalue weighted by Crippen LogP contribution is 2.14. The molecule has 15 heavy (non-hydrogen) atoms. The zero-order chi connectivity index (χ0) is 10.5. The molecule has 0 saturated carbocycles. The van der Waals surface area contributed by atoms with E-state index in [0.717, 1.165) is 13.1 Å². The summed E-state index contributed by atoms with van der Waals surface area (Å²) in [6.45, 7) is 6.96. The fourth-order valence-electron chi connectivity index (χ4n) is 2.20. The Labute approximate surface area is 96.3 Å². The van der Waals surface area contributed by atoms with Crippen LogP contribution in [0.25, 0.3) is 0 Å². The Bertz CT molecular complexity index is 269. The van der Waals surface area contributed by atoms with Gasteiger partial charge in [0.05, 0.1) is 0 Å². The van der Waals surface area contributed by atoms with Crippen LogP contribution in [-0.2, 0) is 6.54 Å². The summed E-state index contributed by atoms with van der Waals surface area (Å²) in [6, 6.07) is 5.09. The second-order valence-electron chi connectivity index (χ2n) is 4.25. The zero-order valence-corrected chi connectivity index (χ0v) is 10.2. The van der Waals surface area contributed by atoms with E-state index in [9.17, 15) is 0 Å². The van der Waals surface area contributed by atoms with E-state index in [-0.39, 0.29) is 0 Å². The van der Waals surface area contributed by atoms with Crippen LogP contribution in [-0.4, -0.2) is 30.6 Å². The average molecular weight is 224 g/mol. The number of nitrogens with one attached hydrogen (secondary N) is 1. The van der Waals surface area contributed by atoms with E-state index in [1.54, 1.807) is 0 Å². The first-order chi connectivity index (χ1) is 7.38. The number of thiophene rings is 1. The lowest BCUT2D eigenvalue weighted by atomic mass is 10.1. The first-order valence-corrected chi connectivity index (χ1v) is 6.74. The number of piperazine rings is 1. The second-order valence-corrected chi connectivity index (χ2v) is 5.29. The second kappa shape index (κ2) is 5.64. The lowest BCUT2D eigenvalue weighted by Gasteiger charge is -2.33. The van der Waals surface area contributed by atoms with Crippen LogP contribution in [0.15, 0.2) is 17.5 Å². The number of hydrogen-bond donors (Lipinski definition) is 1. The largest absolute Gasteiger partial charge is 0.311 e. The molecule has 2 nitrogen and oxygen atoms in total. The summed E-state index contributed by atoms with van der Waals surface area (Å²) < 4.78 is 0. The first-order valence-electron chi connectivity index (χ1n) is 5.86. The van der Waals surface area contributed by atoms with Crippen LogP contribution in [0.3, 0.4) is 0 Å².